The first-order chi connectivity index (χ1) is 15.7. The van der Waals surface area contributed by atoms with Gasteiger partial charge in [-0.3, -0.25) is 0 Å². The molecule has 4 aromatic rings. The second-order valence-corrected chi connectivity index (χ2v) is 8.14. The second-order valence-electron chi connectivity index (χ2n) is 8.14. The van der Waals surface area contributed by atoms with Crippen molar-refractivity contribution in [2.75, 3.05) is 18.4 Å². The van der Waals surface area contributed by atoms with Gasteiger partial charge in [-0.25, -0.2) is 19.9 Å². The molecular formula is C24H23N7O. The number of ether oxygens (including phenoxy) is 1. The van der Waals surface area contributed by atoms with Crippen molar-refractivity contribution in [3.05, 3.63) is 59.8 Å². The lowest BCUT2D eigenvalue weighted by Crippen LogP contribution is -2.20. The van der Waals surface area contributed by atoms with Crippen LogP contribution in [0.2, 0.25) is 0 Å². The summed E-state index contributed by atoms with van der Waals surface area (Å²) in [5, 5.41) is 7.99. The molecule has 0 unspecified atom stereocenters. The highest BCUT2D eigenvalue weighted by atomic mass is 16.5. The van der Waals surface area contributed by atoms with E-state index in [0.717, 1.165) is 47.6 Å². The van der Waals surface area contributed by atoms with Gasteiger partial charge in [-0.1, -0.05) is 12.1 Å². The van der Waals surface area contributed by atoms with Crippen LogP contribution >= 0.6 is 0 Å². The molecule has 0 spiro atoms. The second kappa shape index (κ2) is 7.42. The van der Waals surface area contributed by atoms with Gasteiger partial charge in [0.15, 0.2) is 0 Å². The van der Waals surface area contributed by atoms with Crippen molar-refractivity contribution in [1.82, 2.24) is 29.8 Å². The summed E-state index contributed by atoms with van der Waals surface area (Å²) in [6.07, 6.45) is 6.60. The summed E-state index contributed by atoms with van der Waals surface area (Å²) in [5.74, 6) is 1.57. The maximum atomic E-state index is 5.97. The number of benzene rings is 1. The fourth-order valence-corrected chi connectivity index (χ4v) is 4.65. The van der Waals surface area contributed by atoms with Crippen LogP contribution in [-0.2, 0) is 13.6 Å². The Bertz CT molecular complexity index is 1390. The van der Waals surface area contributed by atoms with Crippen LogP contribution in [0.3, 0.4) is 0 Å². The standard InChI is InChI=1S/C24H23N7O/c1-14-5-10-26-24(30-14)32-17-3-4-18-16(11-17)12-27-22-20-19(18)21(15-6-8-25-9-7-15)31(2)23(20)29-13-28-22/h3-6,10-11,13,25H,7-9,12H2,1-2H3,(H,27,28,29). The van der Waals surface area contributed by atoms with E-state index in [9.17, 15) is 0 Å². The molecule has 0 saturated carbocycles. The summed E-state index contributed by atoms with van der Waals surface area (Å²) in [5.41, 5.74) is 7.85. The van der Waals surface area contributed by atoms with Crippen LogP contribution in [0, 0.1) is 6.92 Å². The molecule has 0 fully saturated rings. The SMILES string of the molecule is Cc1ccnc(Oc2ccc3c(c2)CNc2ncnc4c2c-3c(C2=CCNCC2)n4C)n1. The van der Waals surface area contributed by atoms with Gasteiger partial charge in [0.25, 0.3) is 0 Å². The van der Waals surface area contributed by atoms with E-state index in [1.807, 2.05) is 19.1 Å². The van der Waals surface area contributed by atoms with Gasteiger partial charge < -0.3 is 19.9 Å². The molecule has 2 N–H and O–H groups in total. The molecule has 5 heterocycles. The number of hydrogen-bond acceptors (Lipinski definition) is 7. The Kier molecular flexibility index (Phi) is 4.39. The maximum Gasteiger partial charge on any atom is 0.322 e. The molecule has 8 nitrogen and oxygen atoms in total. The van der Waals surface area contributed by atoms with E-state index in [1.165, 1.54) is 22.4 Å². The molecule has 2 aliphatic rings. The zero-order valence-corrected chi connectivity index (χ0v) is 18.0. The Labute approximate surface area is 185 Å². The molecule has 0 bridgehead atoms. The van der Waals surface area contributed by atoms with E-state index in [0.29, 0.717) is 18.3 Å². The molecule has 3 aromatic heterocycles. The van der Waals surface area contributed by atoms with E-state index < -0.39 is 0 Å². The number of aromatic nitrogens is 5. The molecule has 0 aliphatic carbocycles. The summed E-state index contributed by atoms with van der Waals surface area (Å²) in [6.45, 7) is 4.42. The molecule has 1 aromatic carbocycles. The third kappa shape index (κ3) is 3.03. The highest BCUT2D eigenvalue weighted by molar-refractivity contribution is 6.07. The van der Waals surface area contributed by atoms with E-state index in [1.54, 1.807) is 12.5 Å². The van der Waals surface area contributed by atoms with E-state index in [2.05, 4.69) is 60.4 Å². The van der Waals surface area contributed by atoms with Crippen LogP contribution in [0.25, 0.3) is 27.7 Å². The smallest absolute Gasteiger partial charge is 0.322 e. The van der Waals surface area contributed by atoms with Crippen molar-refractivity contribution in [2.45, 2.75) is 19.9 Å². The molecule has 160 valence electrons. The predicted octanol–water partition coefficient (Wildman–Crippen LogP) is 3.83. The summed E-state index contributed by atoms with van der Waals surface area (Å²) in [7, 11) is 2.09. The zero-order chi connectivity index (χ0) is 21.7. The minimum absolute atomic E-state index is 0.350. The minimum atomic E-state index is 0.350. The zero-order valence-electron chi connectivity index (χ0n) is 18.0. The fourth-order valence-electron chi connectivity index (χ4n) is 4.65. The van der Waals surface area contributed by atoms with Gasteiger partial charge in [0, 0.05) is 37.6 Å². The van der Waals surface area contributed by atoms with Crippen molar-refractivity contribution in [3.63, 3.8) is 0 Å². The number of nitrogens with zero attached hydrogens (tertiary/aromatic N) is 5. The summed E-state index contributed by atoms with van der Waals surface area (Å²) < 4.78 is 8.17. The van der Waals surface area contributed by atoms with Crippen molar-refractivity contribution >= 4 is 22.4 Å². The first-order valence-electron chi connectivity index (χ1n) is 10.8. The average molecular weight is 425 g/mol. The number of nitrogens with one attached hydrogen (secondary N) is 2. The Morgan fingerprint density at radius 1 is 1.12 bits per heavy atom. The average Bonchev–Trinajstić information content (AvgIpc) is 3.01. The number of rotatable bonds is 3. The Morgan fingerprint density at radius 3 is 2.91 bits per heavy atom. The van der Waals surface area contributed by atoms with Crippen LogP contribution in [0.5, 0.6) is 11.8 Å². The third-order valence-corrected chi connectivity index (χ3v) is 6.11. The summed E-state index contributed by atoms with van der Waals surface area (Å²) >= 11 is 0. The molecule has 32 heavy (non-hydrogen) atoms. The fraction of sp³-hybridized carbons (Fsp3) is 0.250. The Balaban J connectivity index is 1.53. The van der Waals surface area contributed by atoms with Gasteiger partial charge in [-0.2, -0.15) is 0 Å². The monoisotopic (exact) mass is 425 g/mol. The van der Waals surface area contributed by atoms with E-state index >= 15 is 0 Å². The van der Waals surface area contributed by atoms with Gasteiger partial charge in [0.2, 0.25) is 0 Å². The molecule has 8 heteroatoms. The van der Waals surface area contributed by atoms with E-state index in [-0.39, 0.29) is 0 Å². The van der Waals surface area contributed by atoms with Crippen molar-refractivity contribution in [2.24, 2.45) is 7.05 Å². The van der Waals surface area contributed by atoms with Crippen LogP contribution in [0.15, 0.2) is 42.9 Å². The van der Waals surface area contributed by atoms with Crippen molar-refractivity contribution < 1.29 is 4.74 Å². The lowest BCUT2D eigenvalue weighted by Gasteiger charge is -2.18. The number of hydrogen-bond donors (Lipinski definition) is 2. The topological polar surface area (TPSA) is 89.8 Å². The highest BCUT2D eigenvalue weighted by Gasteiger charge is 2.27. The van der Waals surface area contributed by atoms with Crippen LogP contribution < -0.4 is 15.4 Å². The van der Waals surface area contributed by atoms with Crippen LogP contribution in [0.1, 0.15) is 23.4 Å². The third-order valence-electron chi connectivity index (χ3n) is 6.11. The Morgan fingerprint density at radius 2 is 2.06 bits per heavy atom. The van der Waals surface area contributed by atoms with Crippen molar-refractivity contribution in [3.8, 4) is 22.9 Å². The van der Waals surface area contributed by atoms with Crippen LogP contribution in [0.4, 0.5) is 5.82 Å². The minimum Gasteiger partial charge on any atom is -0.424 e. The molecular weight excluding hydrogens is 402 g/mol. The summed E-state index contributed by atoms with van der Waals surface area (Å²) in [6, 6.07) is 8.38. The van der Waals surface area contributed by atoms with Gasteiger partial charge in [0.05, 0.1) is 11.1 Å². The van der Waals surface area contributed by atoms with Crippen molar-refractivity contribution in [1.29, 1.82) is 0 Å². The molecule has 0 amide bonds. The Hall–Kier alpha value is -3.78. The highest BCUT2D eigenvalue weighted by Crippen LogP contribution is 2.44. The predicted molar refractivity (Wildman–Crippen MR) is 124 cm³/mol. The molecule has 2 aliphatic heterocycles. The molecule has 0 saturated heterocycles. The van der Waals surface area contributed by atoms with Gasteiger partial charge in [-0.05, 0) is 54.8 Å². The molecule has 6 rings (SSSR count). The number of anilines is 1. The lowest BCUT2D eigenvalue weighted by atomic mass is 9.93. The van der Waals surface area contributed by atoms with Gasteiger partial charge in [0.1, 0.15) is 23.5 Å². The summed E-state index contributed by atoms with van der Waals surface area (Å²) in [4.78, 5) is 17.8. The first kappa shape index (κ1) is 18.9. The molecule has 0 radical (unpaired) electrons. The van der Waals surface area contributed by atoms with Crippen LogP contribution in [-0.4, -0.2) is 37.6 Å². The quantitative estimate of drug-likeness (QED) is 0.516. The number of aryl methyl sites for hydroxylation is 2. The van der Waals surface area contributed by atoms with E-state index in [4.69, 9.17) is 4.74 Å². The van der Waals surface area contributed by atoms with Gasteiger partial charge in [-0.15, -0.1) is 0 Å². The maximum absolute atomic E-state index is 5.97. The van der Waals surface area contributed by atoms with Gasteiger partial charge >= 0.3 is 6.01 Å². The molecule has 0 atom stereocenters. The normalized spacial score (nSPS) is 15.0. The largest absolute Gasteiger partial charge is 0.424 e. The lowest BCUT2D eigenvalue weighted by molar-refractivity contribution is 0.440. The first-order valence-corrected chi connectivity index (χ1v) is 10.8. The number of fused-ring (bicyclic) bond motifs is 2.